The Morgan fingerprint density at radius 2 is 2.43 bits per heavy atom. The number of aromatic nitrogens is 1. The monoisotopic (exact) mass is 198 g/mol. The molecule has 0 saturated carbocycles. The number of carbonyl (C=O) groups is 1. The summed E-state index contributed by atoms with van der Waals surface area (Å²) in [5, 5.41) is 13.3. The van der Waals surface area contributed by atoms with Crippen molar-refractivity contribution in [2.45, 2.75) is 32.3 Å². The molecule has 0 aliphatic rings. The fourth-order valence-corrected chi connectivity index (χ4v) is 1.26. The summed E-state index contributed by atoms with van der Waals surface area (Å²) >= 11 is 0. The average Bonchev–Trinajstić information content (AvgIpc) is 2.51. The van der Waals surface area contributed by atoms with Crippen LogP contribution in [0.1, 0.15) is 42.9 Å². The van der Waals surface area contributed by atoms with E-state index in [1.807, 2.05) is 6.92 Å². The van der Waals surface area contributed by atoms with Crippen molar-refractivity contribution in [2.75, 3.05) is 0 Å². The first-order valence-electron chi connectivity index (χ1n) is 4.46. The van der Waals surface area contributed by atoms with Gasteiger partial charge >= 0.3 is 0 Å². The van der Waals surface area contributed by atoms with Crippen LogP contribution in [0.25, 0.3) is 0 Å². The predicted molar refractivity (Wildman–Crippen MR) is 49.5 cm³/mol. The third kappa shape index (κ3) is 2.11. The van der Waals surface area contributed by atoms with E-state index in [9.17, 15) is 9.90 Å². The molecule has 1 rings (SSSR count). The van der Waals surface area contributed by atoms with E-state index in [0.717, 1.165) is 6.42 Å². The van der Waals surface area contributed by atoms with Gasteiger partial charge < -0.3 is 15.4 Å². The van der Waals surface area contributed by atoms with Crippen LogP contribution in [0.15, 0.2) is 10.6 Å². The highest BCUT2D eigenvalue weighted by Crippen LogP contribution is 2.26. The molecule has 1 aromatic heterocycles. The van der Waals surface area contributed by atoms with E-state index in [4.69, 9.17) is 10.3 Å². The van der Waals surface area contributed by atoms with Crippen molar-refractivity contribution in [1.29, 1.82) is 0 Å². The van der Waals surface area contributed by atoms with Gasteiger partial charge in [-0.2, -0.15) is 0 Å². The fraction of sp³-hybridized carbons (Fsp3) is 0.556. The second-order valence-corrected chi connectivity index (χ2v) is 3.46. The lowest BCUT2D eigenvalue weighted by Crippen LogP contribution is -2.19. The Balaban J connectivity index is 2.90. The summed E-state index contributed by atoms with van der Waals surface area (Å²) in [4.78, 5) is 10.7. The number of nitrogens with two attached hydrogens (primary N) is 1. The van der Waals surface area contributed by atoms with Gasteiger partial charge in [0.25, 0.3) is 5.91 Å². The maximum absolute atomic E-state index is 10.7. The quantitative estimate of drug-likeness (QED) is 0.748. The number of aliphatic hydroxyl groups is 1. The number of amides is 1. The Bertz CT molecular complexity index is 331. The lowest BCUT2D eigenvalue weighted by atomic mass is 9.97. The third-order valence-corrected chi connectivity index (χ3v) is 2.03. The standard InChI is InChI=1S/C9H14N2O3/c1-3-4-9(2,13)7-5-6(8(10)12)11-14-7/h5,13H,3-4H2,1-2H3,(H2,10,12)/t9-/m1/s1. The molecule has 0 spiro atoms. The SMILES string of the molecule is CCC[C@@](C)(O)c1cc(C(N)=O)no1. The molecule has 1 heterocycles. The van der Waals surface area contributed by atoms with Crippen molar-refractivity contribution in [3.05, 3.63) is 17.5 Å². The Labute approximate surface area is 81.9 Å². The van der Waals surface area contributed by atoms with Crippen molar-refractivity contribution in [3.63, 3.8) is 0 Å². The highest BCUT2D eigenvalue weighted by atomic mass is 16.5. The molecular formula is C9H14N2O3. The second-order valence-electron chi connectivity index (χ2n) is 3.46. The van der Waals surface area contributed by atoms with Gasteiger partial charge in [0.15, 0.2) is 11.5 Å². The van der Waals surface area contributed by atoms with Crippen LogP contribution in [-0.4, -0.2) is 16.2 Å². The number of carbonyl (C=O) groups excluding carboxylic acids is 1. The number of nitrogens with zero attached hydrogens (tertiary/aromatic N) is 1. The molecule has 5 heteroatoms. The molecule has 78 valence electrons. The van der Waals surface area contributed by atoms with Crippen LogP contribution in [0.3, 0.4) is 0 Å². The van der Waals surface area contributed by atoms with Crippen LogP contribution in [-0.2, 0) is 5.60 Å². The summed E-state index contributed by atoms with van der Waals surface area (Å²) in [6.45, 7) is 3.56. The van der Waals surface area contributed by atoms with Crippen LogP contribution in [0, 0.1) is 0 Å². The van der Waals surface area contributed by atoms with Crippen molar-refractivity contribution in [2.24, 2.45) is 5.73 Å². The van der Waals surface area contributed by atoms with Gasteiger partial charge in [0.1, 0.15) is 5.60 Å². The summed E-state index contributed by atoms with van der Waals surface area (Å²) in [6.07, 6.45) is 1.35. The molecule has 0 aliphatic heterocycles. The molecule has 0 radical (unpaired) electrons. The van der Waals surface area contributed by atoms with Gasteiger partial charge in [0.05, 0.1) is 0 Å². The molecule has 1 aromatic rings. The predicted octanol–water partition coefficient (Wildman–Crippen LogP) is 0.781. The molecule has 5 nitrogen and oxygen atoms in total. The van der Waals surface area contributed by atoms with Crippen LogP contribution < -0.4 is 5.73 Å². The minimum atomic E-state index is -1.09. The molecule has 0 aromatic carbocycles. The van der Waals surface area contributed by atoms with Gasteiger partial charge in [-0.15, -0.1) is 0 Å². The number of primary amides is 1. The zero-order valence-electron chi connectivity index (χ0n) is 8.28. The van der Waals surface area contributed by atoms with E-state index in [1.54, 1.807) is 6.92 Å². The topological polar surface area (TPSA) is 89.4 Å². The minimum absolute atomic E-state index is 0.0383. The molecule has 0 fully saturated rings. The van der Waals surface area contributed by atoms with E-state index >= 15 is 0 Å². The second kappa shape index (κ2) is 3.79. The average molecular weight is 198 g/mol. The Morgan fingerprint density at radius 1 is 1.79 bits per heavy atom. The van der Waals surface area contributed by atoms with Crippen molar-refractivity contribution in [3.8, 4) is 0 Å². The van der Waals surface area contributed by atoms with Gasteiger partial charge in [-0.05, 0) is 13.3 Å². The van der Waals surface area contributed by atoms with Gasteiger partial charge in [-0.1, -0.05) is 18.5 Å². The smallest absolute Gasteiger partial charge is 0.270 e. The van der Waals surface area contributed by atoms with Crippen LogP contribution in [0.4, 0.5) is 0 Å². The van der Waals surface area contributed by atoms with E-state index < -0.39 is 11.5 Å². The third-order valence-electron chi connectivity index (χ3n) is 2.03. The van der Waals surface area contributed by atoms with E-state index in [0.29, 0.717) is 6.42 Å². The van der Waals surface area contributed by atoms with Gasteiger partial charge in [-0.3, -0.25) is 4.79 Å². The number of hydrogen-bond acceptors (Lipinski definition) is 4. The molecule has 0 unspecified atom stereocenters. The first-order valence-corrected chi connectivity index (χ1v) is 4.46. The largest absolute Gasteiger partial charge is 0.382 e. The van der Waals surface area contributed by atoms with Gasteiger partial charge in [0, 0.05) is 6.07 Å². The van der Waals surface area contributed by atoms with Crippen LogP contribution in [0.5, 0.6) is 0 Å². The Hall–Kier alpha value is -1.36. The summed E-state index contributed by atoms with van der Waals surface area (Å²) in [5.74, 6) is -0.388. The molecule has 0 saturated heterocycles. The lowest BCUT2D eigenvalue weighted by molar-refractivity contribution is 0.0189. The molecule has 0 aliphatic carbocycles. The maximum Gasteiger partial charge on any atom is 0.270 e. The first-order chi connectivity index (χ1) is 6.47. The number of rotatable bonds is 4. The molecule has 3 N–H and O–H groups in total. The van der Waals surface area contributed by atoms with Gasteiger partial charge in [-0.25, -0.2) is 0 Å². The first kappa shape index (κ1) is 10.7. The summed E-state index contributed by atoms with van der Waals surface area (Å²) < 4.78 is 4.84. The van der Waals surface area contributed by atoms with Crippen LogP contribution in [0.2, 0.25) is 0 Å². The molecule has 14 heavy (non-hydrogen) atoms. The zero-order valence-corrected chi connectivity index (χ0v) is 8.28. The number of hydrogen-bond donors (Lipinski definition) is 2. The molecule has 0 bridgehead atoms. The highest BCUT2D eigenvalue weighted by Gasteiger charge is 2.27. The normalized spacial score (nSPS) is 15.1. The minimum Gasteiger partial charge on any atom is -0.382 e. The fourth-order valence-electron chi connectivity index (χ4n) is 1.26. The highest BCUT2D eigenvalue weighted by molar-refractivity contribution is 5.90. The maximum atomic E-state index is 10.7. The summed E-state index contributed by atoms with van der Waals surface area (Å²) in [6, 6.07) is 1.37. The summed E-state index contributed by atoms with van der Waals surface area (Å²) in [7, 11) is 0. The molecule has 1 atom stereocenters. The summed E-state index contributed by atoms with van der Waals surface area (Å²) in [5.41, 5.74) is 3.95. The van der Waals surface area contributed by atoms with Crippen LogP contribution >= 0.6 is 0 Å². The van der Waals surface area contributed by atoms with Crippen molar-refractivity contribution >= 4 is 5.91 Å². The molecule has 1 amide bonds. The van der Waals surface area contributed by atoms with Crippen molar-refractivity contribution in [1.82, 2.24) is 5.16 Å². The zero-order chi connectivity index (χ0) is 10.8. The van der Waals surface area contributed by atoms with E-state index in [-0.39, 0.29) is 11.5 Å². The van der Waals surface area contributed by atoms with Crippen molar-refractivity contribution < 1.29 is 14.4 Å². The Kier molecular flexibility index (Phi) is 2.90. The Morgan fingerprint density at radius 3 is 2.86 bits per heavy atom. The van der Waals surface area contributed by atoms with Gasteiger partial charge in [0.2, 0.25) is 0 Å². The van der Waals surface area contributed by atoms with E-state index in [1.165, 1.54) is 6.07 Å². The van der Waals surface area contributed by atoms with E-state index in [2.05, 4.69) is 5.16 Å². The lowest BCUT2D eigenvalue weighted by Gasteiger charge is -2.18. The molecular weight excluding hydrogens is 184 g/mol.